The molecule has 1 amide bonds. The molecule has 166 valence electrons. The van der Waals surface area contributed by atoms with Gasteiger partial charge in [0.25, 0.3) is 5.91 Å². The van der Waals surface area contributed by atoms with E-state index in [1.165, 1.54) is 23.4 Å². The molecule has 0 saturated carbocycles. The average Bonchev–Trinajstić information content (AvgIpc) is 2.83. The van der Waals surface area contributed by atoms with Gasteiger partial charge in [-0.2, -0.15) is 0 Å². The molecule has 1 heterocycles. The molecule has 0 aliphatic carbocycles. The summed E-state index contributed by atoms with van der Waals surface area (Å²) in [6, 6.07) is 24.2. The monoisotopic (exact) mass is 431 g/mol. The number of carbonyl (C=O) groups is 1. The van der Waals surface area contributed by atoms with Gasteiger partial charge in [0.15, 0.2) is 0 Å². The van der Waals surface area contributed by atoms with Gasteiger partial charge in [-0.25, -0.2) is 4.39 Å². The van der Waals surface area contributed by atoms with Crippen LogP contribution in [0.25, 0.3) is 0 Å². The minimum absolute atomic E-state index is 0.0969. The molecule has 32 heavy (non-hydrogen) atoms. The summed E-state index contributed by atoms with van der Waals surface area (Å²) in [5, 5.41) is 0. The highest BCUT2D eigenvalue weighted by atomic mass is 19.1. The standard InChI is InChI=1S/C27H30FN3O/c1-22-8-14-25(15-9-22)30-20-18-29(19-21-30)16-5-17-31(26-6-3-2-4-7-26)27(32)23-10-12-24(28)13-11-23/h2-4,6-15H,5,16-21H2,1H3. The first kappa shape index (κ1) is 22.0. The Bertz CT molecular complexity index is 997. The smallest absolute Gasteiger partial charge is 0.258 e. The zero-order valence-corrected chi connectivity index (χ0v) is 18.6. The van der Waals surface area contributed by atoms with E-state index in [2.05, 4.69) is 41.0 Å². The molecule has 0 spiro atoms. The summed E-state index contributed by atoms with van der Waals surface area (Å²) in [5.41, 5.74) is 3.94. The van der Waals surface area contributed by atoms with Gasteiger partial charge in [-0.3, -0.25) is 9.69 Å². The fourth-order valence-corrected chi connectivity index (χ4v) is 4.14. The van der Waals surface area contributed by atoms with Gasteiger partial charge in [0.1, 0.15) is 5.82 Å². The third-order valence-electron chi connectivity index (χ3n) is 6.03. The molecule has 5 heteroatoms. The Labute approximate surface area is 189 Å². The summed E-state index contributed by atoms with van der Waals surface area (Å²) in [6.45, 7) is 7.75. The van der Waals surface area contributed by atoms with E-state index in [0.29, 0.717) is 12.1 Å². The fraction of sp³-hybridized carbons (Fsp3) is 0.296. The van der Waals surface area contributed by atoms with Crippen molar-refractivity contribution in [2.24, 2.45) is 0 Å². The SMILES string of the molecule is Cc1ccc(N2CCN(CCCN(C(=O)c3ccc(F)cc3)c3ccccc3)CC2)cc1. The van der Waals surface area contributed by atoms with Crippen LogP contribution in [0, 0.1) is 12.7 Å². The van der Waals surface area contributed by atoms with Crippen LogP contribution in [0.5, 0.6) is 0 Å². The topological polar surface area (TPSA) is 26.8 Å². The lowest BCUT2D eigenvalue weighted by atomic mass is 10.1. The molecule has 0 aromatic heterocycles. The Morgan fingerprint density at radius 3 is 2.19 bits per heavy atom. The molecule has 0 radical (unpaired) electrons. The number of carbonyl (C=O) groups excluding carboxylic acids is 1. The Balaban J connectivity index is 1.33. The molecule has 4 nitrogen and oxygen atoms in total. The second-order valence-electron chi connectivity index (χ2n) is 8.32. The molecule has 0 unspecified atom stereocenters. The predicted octanol–water partition coefficient (Wildman–Crippen LogP) is 4.99. The van der Waals surface area contributed by atoms with Crippen LogP contribution in [0.15, 0.2) is 78.9 Å². The highest BCUT2D eigenvalue weighted by Crippen LogP contribution is 2.19. The number of benzene rings is 3. The van der Waals surface area contributed by atoms with E-state index >= 15 is 0 Å². The molecule has 0 bridgehead atoms. The molecule has 0 atom stereocenters. The van der Waals surface area contributed by atoms with Crippen LogP contribution in [0.3, 0.4) is 0 Å². The van der Waals surface area contributed by atoms with E-state index in [0.717, 1.165) is 44.8 Å². The Morgan fingerprint density at radius 1 is 0.875 bits per heavy atom. The van der Waals surface area contributed by atoms with Crippen molar-refractivity contribution in [3.05, 3.63) is 95.8 Å². The van der Waals surface area contributed by atoms with E-state index < -0.39 is 0 Å². The first-order chi connectivity index (χ1) is 15.6. The van der Waals surface area contributed by atoms with Gasteiger partial charge in [0, 0.05) is 49.7 Å². The molecule has 3 aromatic rings. The summed E-state index contributed by atoms with van der Waals surface area (Å²) in [5.74, 6) is -0.432. The largest absolute Gasteiger partial charge is 0.369 e. The molecule has 1 aliphatic heterocycles. The first-order valence-electron chi connectivity index (χ1n) is 11.3. The molecule has 4 rings (SSSR count). The molecule has 1 aliphatic rings. The summed E-state index contributed by atoms with van der Waals surface area (Å²) in [7, 11) is 0. The maximum atomic E-state index is 13.3. The molecule has 1 fully saturated rings. The van der Waals surface area contributed by atoms with Gasteiger partial charge < -0.3 is 9.80 Å². The highest BCUT2D eigenvalue weighted by molar-refractivity contribution is 6.06. The predicted molar refractivity (Wildman–Crippen MR) is 129 cm³/mol. The van der Waals surface area contributed by atoms with Crippen LogP contribution in [-0.4, -0.2) is 50.1 Å². The lowest BCUT2D eigenvalue weighted by Gasteiger charge is -2.36. The number of anilines is 2. The molecular weight excluding hydrogens is 401 g/mol. The number of halogens is 1. The second kappa shape index (κ2) is 10.4. The van der Waals surface area contributed by atoms with E-state index in [4.69, 9.17) is 0 Å². The van der Waals surface area contributed by atoms with Crippen LogP contribution in [-0.2, 0) is 0 Å². The number of para-hydroxylation sites is 1. The van der Waals surface area contributed by atoms with Gasteiger partial charge in [0.2, 0.25) is 0 Å². The summed E-state index contributed by atoms with van der Waals surface area (Å²) in [4.78, 5) is 19.9. The van der Waals surface area contributed by atoms with Crippen molar-refractivity contribution in [3.8, 4) is 0 Å². The van der Waals surface area contributed by atoms with Gasteiger partial charge in [-0.05, 0) is 68.4 Å². The summed E-state index contributed by atoms with van der Waals surface area (Å²) < 4.78 is 13.3. The van der Waals surface area contributed by atoms with E-state index in [9.17, 15) is 9.18 Å². The van der Waals surface area contributed by atoms with Crippen molar-refractivity contribution in [2.75, 3.05) is 49.1 Å². The minimum atomic E-state index is -0.336. The lowest BCUT2D eigenvalue weighted by Crippen LogP contribution is -2.47. The summed E-state index contributed by atoms with van der Waals surface area (Å²) in [6.07, 6.45) is 0.881. The van der Waals surface area contributed by atoms with Crippen LogP contribution in [0.1, 0.15) is 22.3 Å². The Morgan fingerprint density at radius 2 is 1.53 bits per heavy atom. The first-order valence-corrected chi connectivity index (χ1v) is 11.3. The van der Waals surface area contributed by atoms with Crippen molar-refractivity contribution in [1.82, 2.24) is 4.90 Å². The zero-order valence-electron chi connectivity index (χ0n) is 18.6. The van der Waals surface area contributed by atoms with Crippen molar-refractivity contribution in [1.29, 1.82) is 0 Å². The summed E-state index contributed by atoms with van der Waals surface area (Å²) >= 11 is 0. The number of nitrogens with zero attached hydrogens (tertiary/aromatic N) is 3. The molecule has 3 aromatic carbocycles. The number of hydrogen-bond donors (Lipinski definition) is 0. The van der Waals surface area contributed by atoms with Gasteiger partial charge >= 0.3 is 0 Å². The van der Waals surface area contributed by atoms with Crippen LogP contribution in [0.4, 0.5) is 15.8 Å². The second-order valence-corrected chi connectivity index (χ2v) is 8.32. The van der Waals surface area contributed by atoms with E-state index in [-0.39, 0.29) is 11.7 Å². The quantitative estimate of drug-likeness (QED) is 0.527. The lowest BCUT2D eigenvalue weighted by molar-refractivity contribution is 0.0985. The van der Waals surface area contributed by atoms with Gasteiger partial charge in [0.05, 0.1) is 0 Å². The van der Waals surface area contributed by atoms with Gasteiger partial charge in [-0.1, -0.05) is 35.9 Å². The number of hydrogen-bond acceptors (Lipinski definition) is 3. The van der Waals surface area contributed by atoms with Gasteiger partial charge in [-0.15, -0.1) is 0 Å². The maximum absolute atomic E-state index is 13.3. The third kappa shape index (κ3) is 5.54. The third-order valence-corrected chi connectivity index (χ3v) is 6.03. The minimum Gasteiger partial charge on any atom is -0.369 e. The Hall–Kier alpha value is -3.18. The maximum Gasteiger partial charge on any atom is 0.258 e. The number of piperazine rings is 1. The Kier molecular flexibility index (Phi) is 7.17. The zero-order chi connectivity index (χ0) is 22.3. The molecule has 1 saturated heterocycles. The van der Waals surface area contributed by atoms with Crippen LogP contribution >= 0.6 is 0 Å². The normalized spacial score (nSPS) is 14.4. The van der Waals surface area contributed by atoms with E-state index in [1.54, 1.807) is 17.0 Å². The number of amides is 1. The fourth-order valence-electron chi connectivity index (χ4n) is 4.14. The van der Waals surface area contributed by atoms with Crippen molar-refractivity contribution in [3.63, 3.8) is 0 Å². The number of aryl methyl sites for hydroxylation is 1. The van der Waals surface area contributed by atoms with Crippen LogP contribution < -0.4 is 9.80 Å². The van der Waals surface area contributed by atoms with Crippen molar-refractivity contribution in [2.45, 2.75) is 13.3 Å². The van der Waals surface area contributed by atoms with Crippen molar-refractivity contribution < 1.29 is 9.18 Å². The van der Waals surface area contributed by atoms with Crippen molar-refractivity contribution >= 4 is 17.3 Å². The highest BCUT2D eigenvalue weighted by Gasteiger charge is 2.20. The molecule has 0 N–H and O–H groups in total. The average molecular weight is 432 g/mol. The van der Waals surface area contributed by atoms with Crippen LogP contribution in [0.2, 0.25) is 0 Å². The molecular formula is C27H30FN3O. The van der Waals surface area contributed by atoms with E-state index in [1.807, 2.05) is 30.3 Å². The number of rotatable bonds is 7.